The van der Waals surface area contributed by atoms with E-state index >= 15 is 0 Å². The average Bonchev–Trinajstić information content (AvgIpc) is 2.91. The van der Waals surface area contributed by atoms with Gasteiger partial charge in [-0.2, -0.15) is 0 Å². The van der Waals surface area contributed by atoms with Crippen molar-refractivity contribution in [2.75, 3.05) is 40.8 Å². The molecule has 0 aromatic carbocycles. The van der Waals surface area contributed by atoms with Crippen LogP contribution in [0.25, 0.3) is 0 Å². The molecule has 0 saturated carbocycles. The molecule has 2 unspecified atom stereocenters. The summed E-state index contributed by atoms with van der Waals surface area (Å²) >= 11 is 0. The first-order valence-electron chi connectivity index (χ1n) is 7.22. The molecule has 9 nitrogen and oxygen atoms in total. The minimum absolute atomic E-state index is 0.0475. The number of nitrogens with one attached hydrogen (secondary N) is 2. The van der Waals surface area contributed by atoms with Crippen LogP contribution in [-0.2, 0) is 9.59 Å². The number of hydrogen-bond acceptors (Lipinski definition) is 6. The van der Waals surface area contributed by atoms with Gasteiger partial charge in [-0.25, -0.2) is 9.79 Å². The van der Waals surface area contributed by atoms with Crippen molar-refractivity contribution >= 4 is 24.2 Å². The Bertz CT molecular complexity index is 494. The van der Waals surface area contributed by atoms with Crippen molar-refractivity contribution in [3.05, 3.63) is 0 Å². The van der Waals surface area contributed by atoms with Gasteiger partial charge in [-0.05, 0) is 20.0 Å². The molecular weight excluding hydrogens is 288 g/mol. The van der Waals surface area contributed by atoms with Gasteiger partial charge in [0.05, 0.1) is 12.9 Å². The summed E-state index contributed by atoms with van der Waals surface area (Å²) in [4.78, 5) is 44.3. The molecular formula is C13H22N6O3. The normalized spacial score (nSPS) is 24.0. The highest BCUT2D eigenvalue weighted by molar-refractivity contribution is 6.02. The largest absolute Gasteiger partial charge is 0.355 e. The Morgan fingerprint density at radius 1 is 1.32 bits per heavy atom. The van der Waals surface area contributed by atoms with Gasteiger partial charge in [0.2, 0.25) is 5.91 Å². The fourth-order valence-corrected chi connectivity index (χ4v) is 2.56. The van der Waals surface area contributed by atoms with Crippen molar-refractivity contribution in [3.63, 3.8) is 0 Å². The fraction of sp³-hybridized carbons (Fsp3) is 0.692. The van der Waals surface area contributed by atoms with Crippen molar-refractivity contribution in [1.29, 1.82) is 0 Å². The fourth-order valence-electron chi connectivity index (χ4n) is 2.56. The predicted molar refractivity (Wildman–Crippen MR) is 80.3 cm³/mol. The van der Waals surface area contributed by atoms with E-state index < -0.39 is 12.2 Å². The highest BCUT2D eigenvalue weighted by Crippen LogP contribution is 2.23. The second kappa shape index (κ2) is 6.73. The predicted octanol–water partition coefficient (Wildman–Crippen LogP) is -1.73. The number of carbonyl (C=O) groups excluding carboxylic acids is 3. The first kappa shape index (κ1) is 16.2. The highest BCUT2D eigenvalue weighted by atomic mass is 16.2. The maximum Gasteiger partial charge on any atom is 0.328 e. The van der Waals surface area contributed by atoms with E-state index in [1.54, 1.807) is 11.9 Å². The summed E-state index contributed by atoms with van der Waals surface area (Å²) in [6.07, 6.45) is 1.75. The summed E-state index contributed by atoms with van der Waals surface area (Å²) in [5.41, 5.74) is 0. The molecule has 2 aliphatic heterocycles. The molecule has 0 aromatic rings. The smallest absolute Gasteiger partial charge is 0.328 e. The molecule has 2 aliphatic rings. The van der Waals surface area contributed by atoms with E-state index in [2.05, 4.69) is 15.6 Å². The molecule has 0 spiro atoms. The number of likely N-dealkylation sites (N-methyl/N-ethyl adjacent to an activating group) is 2. The number of imide groups is 1. The summed E-state index contributed by atoms with van der Waals surface area (Å²) < 4.78 is 0. The summed E-state index contributed by atoms with van der Waals surface area (Å²) in [5, 5.41) is 5.80. The zero-order chi connectivity index (χ0) is 16.3. The molecule has 1 fully saturated rings. The van der Waals surface area contributed by atoms with Crippen LogP contribution < -0.4 is 10.6 Å². The Labute approximate surface area is 129 Å². The lowest BCUT2D eigenvalue weighted by atomic mass is 10.1. The minimum atomic E-state index is -0.629. The van der Waals surface area contributed by atoms with E-state index in [0.717, 1.165) is 17.9 Å². The second-order valence-electron chi connectivity index (χ2n) is 5.39. The van der Waals surface area contributed by atoms with Crippen LogP contribution in [0.5, 0.6) is 0 Å². The minimum Gasteiger partial charge on any atom is -0.355 e. The third kappa shape index (κ3) is 3.03. The van der Waals surface area contributed by atoms with Crippen molar-refractivity contribution in [2.24, 2.45) is 4.99 Å². The monoisotopic (exact) mass is 310 g/mol. The lowest BCUT2D eigenvalue weighted by Gasteiger charge is -2.39. The van der Waals surface area contributed by atoms with E-state index in [-0.39, 0.29) is 24.4 Å². The highest BCUT2D eigenvalue weighted by Gasteiger charge is 2.48. The van der Waals surface area contributed by atoms with Crippen LogP contribution in [0.1, 0.15) is 6.42 Å². The van der Waals surface area contributed by atoms with Gasteiger partial charge in [-0.1, -0.05) is 0 Å². The molecule has 2 atom stereocenters. The third-order valence-corrected chi connectivity index (χ3v) is 3.83. The van der Waals surface area contributed by atoms with Crippen LogP contribution in [0.15, 0.2) is 4.99 Å². The number of fused-ring (bicyclic) bond motifs is 1. The van der Waals surface area contributed by atoms with Gasteiger partial charge < -0.3 is 20.4 Å². The molecule has 0 bridgehead atoms. The first-order chi connectivity index (χ1) is 10.5. The van der Waals surface area contributed by atoms with Gasteiger partial charge in [0, 0.05) is 20.6 Å². The molecule has 2 rings (SSSR count). The van der Waals surface area contributed by atoms with Crippen molar-refractivity contribution < 1.29 is 14.4 Å². The van der Waals surface area contributed by atoms with Crippen LogP contribution in [0, 0.1) is 0 Å². The standard InChI is InChI=1S/C13H22N6O3/c1-14-5-4-6-15-9(20)7-19-8-16-11-10(19)12(21)18(3)13(22)17(11)2/h8,10-11,14H,4-7H2,1-3H3,(H,15,20). The summed E-state index contributed by atoms with van der Waals surface area (Å²) in [6, 6.07) is -1.02. The maximum atomic E-state index is 12.3. The Kier molecular flexibility index (Phi) is 4.96. The van der Waals surface area contributed by atoms with Gasteiger partial charge in [0.15, 0.2) is 12.2 Å². The SMILES string of the molecule is CNCCCNC(=O)CN1C=NC2C1C(=O)N(C)C(=O)N2C. The van der Waals surface area contributed by atoms with E-state index in [0.29, 0.717) is 6.54 Å². The second-order valence-corrected chi connectivity index (χ2v) is 5.39. The maximum absolute atomic E-state index is 12.3. The number of urea groups is 1. The first-order valence-corrected chi connectivity index (χ1v) is 7.22. The molecule has 2 N–H and O–H groups in total. The Balaban J connectivity index is 1.93. The van der Waals surface area contributed by atoms with E-state index in [1.807, 2.05) is 7.05 Å². The van der Waals surface area contributed by atoms with Crippen molar-refractivity contribution in [1.82, 2.24) is 25.3 Å². The zero-order valence-corrected chi connectivity index (χ0v) is 13.1. The molecule has 4 amide bonds. The topological polar surface area (TPSA) is 97.3 Å². The molecule has 22 heavy (non-hydrogen) atoms. The van der Waals surface area contributed by atoms with Crippen LogP contribution in [-0.4, -0.2) is 91.9 Å². The number of hydrogen-bond donors (Lipinski definition) is 2. The van der Waals surface area contributed by atoms with Gasteiger partial charge in [-0.15, -0.1) is 0 Å². The molecule has 1 saturated heterocycles. The van der Waals surface area contributed by atoms with Crippen molar-refractivity contribution in [2.45, 2.75) is 18.6 Å². The number of carbonyl (C=O) groups is 3. The van der Waals surface area contributed by atoms with Crippen molar-refractivity contribution in [3.8, 4) is 0 Å². The van der Waals surface area contributed by atoms with E-state index in [1.165, 1.54) is 18.3 Å². The van der Waals surface area contributed by atoms with Gasteiger partial charge >= 0.3 is 6.03 Å². The van der Waals surface area contributed by atoms with Gasteiger partial charge in [-0.3, -0.25) is 14.5 Å². The van der Waals surface area contributed by atoms with Gasteiger partial charge in [0.25, 0.3) is 5.91 Å². The third-order valence-electron chi connectivity index (χ3n) is 3.83. The number of rotatable bonds is 6. The molecule has 2 heterocycles. The van der Waals surface area contributed by atoms with Crippen LogP contribution in [0.4, 0.5) is 4.79 Å². The Morgan fingerprint density at radius 3 is 2.73 bits per heavy atom. The van der Waals surface area contributed by atoms with E-state index in [4.69, 9.17) is 0 Å². The summed E-state index contributed by atoms with van der Waals surface area (Å²) in [7, 11) is 4.89. The van der Waals surface area contributed by atoms with E-state index in [9.17, 15) is 14.4 Å². The van der Waals surface area contributed by atoms with Crippen LogP contribution in [0.3, 0.4) is 0 Å². The molecule has 0 aliphatic carbocycles. The molecule has 0 radical (unpaired) electrons. The van der Waals surface area contributed by atoms with Crippen LogP contribution >= 0.6 is 0 Å². The average molecular weight is 310 g/mol. The molecule has 0 aromatic heterocycles. The molecule has 122 valence electrons. The summed E-state index contributed by atoms with van der Waals surface area (Å²) in [6.45, 7) is 1.45. The number of amides is 4. The Hall–Kier alpha value is -2.16. The zero-order valence-electron chi connectivity index (χ0n) is 13.1. The van der Waals surface area contributed by atoms with Crippen LogP contribution in [0.2, 0.25) is 0 Å². The lowest BCUT2D eigenvalue weighted by molar-refractivity contribution is -0.136. The summed E-state index contributed by atoms with van der Waals surface area (Å²) in [5.74, 6) is -0.508. The molecule has 9 heteroatoms. The van der Waals surface area contributed by atoms with Gasteiger partial charge in [0.1, 0.15) is 0 Å². The Morgan fingerprint density at radius 2 is 2.05 bits per heavy atom. The number of aliphatic imine (C=N–C) groups is 1. The lowest BCUT2D eigenvalue weighted by Crippen LogP contribution is -2.64. The number of nitrogens with zero attached hydrogens (tertiary/aromatic N) is 4. The quantitative estimate of drug-likeness (QED) is 0.569.